The second-order valence-corrected chi connectivity index (χ2v) is 5.21. The van der Waals surface area contributed by atoms with Crippen molar-refractivity contribution in [3.63, 3.8) is 0 Å². The third-order valence-corrected chi connectivity index (χ3v) is 3.38. The molecule has 0 saturated heterocycles. The van der Waals surface area contributed by atoms with Crippen molar-refractivity contribution in [2.24, 2.45) is 0 Å². The molecule has 0 aliphatic rings. The van der Waals surface area contributed by atoms with Crippen LogP contribution in [0.4, 0.5) is 0 Å². The van der Waals surface area contributed by atoms with Gasteiger partial charge in [-0.1, -0.05) is 13.3 Å². The monoisotopic (exact) mass is 223 g/mol. The van der Waals surface area contributed by atoms with Crippen LogP contribution in [0.3, 0.4) is 0 Å². The summed E-state index contributed by atoms with van der Waals surface area (Å²) in [5, 5.41) is 10.1. The summed E-state index contributed by atoms with van der Waals surface area (Å²) in [6, 6.07) is 0. The molecule has 0 aromatic heterocycles. The minimum absolute atomic E-state index is 0.467. The molecule has 0 fully saturated rings. The quantitative estimate of drug-likeness (QED) is 0.691. The molecule has 5 heteroatoms. The van der Waals surface area contributed by atoms with Crippen LogP contribution in [0.1, 0.15) is 26.2 Å². The molecule has 14 heavy (non-hydrogen) atoms. The molecule has 86 valence electrons. The van der Waals surface area contributed by atoms with Gasteiger partial charge in [0.2, 0.25) is 0 Å². The van der Waals surface area contributed by atoms with Gasteiger partial charge in [-0.15, -0.1) is 0 Å². The number of hydrogen-bond donors (Lipinski definition) is 1. The second-order valence-electron chi connectivity index (χ2n) is 3.65. The highest BCUT2D eigenvalue weighted by Gasteiger charge is 2.33. The van der Waals surface area contributed by atoms with Crippen LogP contribution >= 0.6 is 0 Å². The third kappa shape index (κ3) is 4.50. The van der Waals surface area contributed by atoms with E-state index in [0.717, 1.165) is 6.42 Å². The fourth-order valence-corrected chi connectivity index (χ4v) is 2.17. The first-order chi connectivity index (χ1) is 6.46. The third-order valence-electron chi connectivity index (χ3n) is 2.05. The summed E-state index contributed by atoms with van der Waals surface area (Å²) < 4.78 is 16.2. The topological polar surface area (TPSA) is 49.8 Å². The van der Waals surface area contributed by atoms with Gasteiger partial charge in [0.1, 0.15) is 0 Å². The van der Waals surface area contributed by atoms with Crippen molar-refractivity contribution in [1.82, 2.24) is 4.90 Å². The largest absolute Gasteiger partial charge is 0.374 e. The van der Waals surface area contributed by atoms with Crippen LogP contribution in [0.5, 0.6) is 0 Å². The lowest BCUT2D eigenvalue weighted by Gasteiger charge is -2.26. The summed E-state index contributed by atoms with van der Waals surface area (Å²) in [4.78, 5) is 0.751. The Kier molecular flexibility index (Phi) is 6.52. The summed E-state index contributed by atoms with van der Waals surface area (Å²) in [7, 11) is 5.19. The van der Waals surface area contributed by atoms with E-state index in [1.807, 2.05) is 25.9 Å². The Labute approximate surface area is 88.9 Å². The summed E-state index contributed by atoms with van der Waals surface area (Å²) >= 11 is -1.62. The van der Waals surface area contributed by atoms with E-state index >= 15 is 0 Å². The van der Waals surface area contributed by atoms with Crippen LogP contribution in [0, 0.1) is 0 Å². The van der Waals surface area contributed by atoms with Gasteiger partial charge in [-0.3, -0.25) is 4.18 Å². The molecule has 0 aromatic rings. The average Bonchev–Trinajstić information content (AvgIpc) is 2.14. The first kappa shape index (κ1) is 14.0. The molecule has 0 aliphatic carbocycles. The van der Waals surface area contributed by atoms with Gasteiger partial charge >= 0.3 is 0 Å². The first-order valence-corrected chi connectivity index (χ1v) is 5.87. The molecule has 2 unspecified atom stereocenters. The molecular weight excluding hydrogens is 202 g/mol. The van der Waals surface area contributed by atoms with Crippen LogP contribution in [-0.2, 0) is 15.3 Å². The summed E-state index contributed by atoms with van der Waals surface area (Å²) in [6.07, 6.45) is 1.76. The van der Waals surface area contributed by atoms with Gasteiger partial charge in [-0.25, -0.2) is 4.21 Å². The Hall–Kier alpha value is 0.0300. The highest BCUT2D eigenvalue weighted by atomic mass is 32.2. The summed E-state index contributed by atoms with van der Waals surface area (Å²) in [6.45, 7) is 2.65. The van der Waals surface area contributed by atoms with E-state index in [9.17, 15) is 9.32 Å². The molecule has 0 bridgehead atoms. The predicted octanol–water partition coefficient (Wildman–Crippen LogP) is 0.737. The Balaban J connectivity index is 4.30. The SMILES string of the molecule is CCCC(O)(CCN(C)C)S(=O)OC. The highest BCUT2D eigenvalue weighted by molar-refractivity contribution is 7.81. The van der Waals surface area contributed by atoms with Crippen molar-refractivity contribution >= 4 is 11.1 Å². The molecular formula is C9H21NO3S. The maximum atomic E-state index is 11.5. The molecule has 0 saturated carbocycles. The van der Waals surface area contributed by atoms with E-state index in [1.54, 1.807) is 0 Å². The van der Waals surface area contributed by atoms with Crippen LogP contribution in [-0.4, -0.2) is 46.9 Å². The summed E-state index contributed by atoms with van der Waals surface area (Å²) in [5.41, 5.74) is 0. The Morgan fingerprint density at radius 3 is 2.36 bits per heavy atom. The predicted molar refractivity (Wildman–Crippen MR) is 58.2 cm³/mol. The minimum Gasteiger partial charge on any atom is -0.374 e. The van der Waals surface area contributed by atoms with Crippen LogP contribution < -0.4 is 0 Å². The Bertz CT molecular complexity index is 187. The maximum absolute atomic E-state index is 11.5. The number of nitrogens with zero attached hydrogens (tertiary/aromatic N) is 1. The van der Waals surface area contributed by atoms with Crippen molar-refractivity contribution < 1.29 is 13.5 Å². The van der Waals surface area contributed by atoms with Crippen LogP contribution in [0.2, 0.25) is 0 Å². The number of hydrogen-bond acceptors (Lipinski definition) is 4. The smallest absolute Gasteiger partial charge is 0.188 e. The standard InChI is InChI=1S/C9H21NO3S/c1-5-6-9(11,14(12)13-4)7-8-10(2)3/h11H,5-8H2,1-4H3. The van der Waals surface area contributed by atoms with Crippen molar-refractivity contribution in [1.29, 1.82) is 0 Å². The summed E-state index contributed by atoms with van der Waals surface area (Å²) in [5.74, 6) is 0. The van der Waals surface area contributed by atoms with E-state index in [-0.39, 0.29) is 0 Å². The van der Waals surface area contributed by atoms with Gasteiger partial charge in [0.15, 0.2) is 16.0 Å². The Morgan fingerprint density at radius 2 is 2.00 bits per heavy atom. The second kappa shape index (κ2) is 6.50. The van der Waals surface area contributed by atoms with Gasteiger partial charge in [0, 0.05) is 13.0 Å². The van der Waals surface area contributed by atoms with Gasteiger partial charge < -0.3 is 10.0 Å². The molecule has 0 heterocycles. The van der Waals surface area contributed by atoms with Crippen molar-refractivity contribution in [3.05, 3.63) is 0 Å². The fourth-order valence-electron chi connectivity index (χ4n) is 1.24. The average molecular weight is 223 g/mol. The molecule has 2 atom stereocenters. The molecule has 4 nitrogen and oxygen atoms in total. The number of aliphatic hydroxyl groups is 1. The normalized spacial score (nSPS) is 18.1. The van der Waals surface area contributed by atoms with Crippen molar-refractivity contribution in [2.45, 2.75) is 31.1 Å². The van der Waals surface area contributed by atoms with Gasteiger partial charge in [0.25, 0.3) is 0 Å². The minimum atomic E-state index is -1.62. The first-order valence-electron chi connectivity index (χ1n) is 4.79. The zero-order chi connectivity index (χ0) is 11.2. The van der Waals surface area contributed by atoms with Gasteiger partial charge in [-0.05, 0) is 20.5 Å². The van der Waals surface area contributed by atoms with Gasteiger partial charge in [-0.2, -0.15) is 0 Å². The molecule has 0 aliphatic heterocycles. The van der Waals surface area contributed by atoms with E-state index in [2.05, 4.69) is 0 Å². The lowest BCUT2D eigenvalue weighted by atomic mass is 10.1. The van der Waals surface area contributed by atoms with Crippen molar-refractivity contribution in [2.75, 3.05) is 27.7 Å². The van der Waals surface area contributed by atoms with Crippen LogP contribution in [0.25, 0.3) is 0 Å². The van der Waals surface area contributed by atoms with E-state index < -0.39 is 16.0 Å². The molecule has 0 spiro atoms. The molecule has 0 rings (SSSR count). The molecule has 1 N–H and O–H groups in total. The van der Waals surface area contributed by atoms with E-state index in [1.165, 1.54) is 7.11 Å². The maximum Gasteiger partial charge on any atom is 0.188 e. The highest BCUT2D eigenvalue weighted by Crippen LogP contribution is 2.22. The lowest BCUT2D eigenvalue weighted by Crippen LogP contribution is -2.37. The zero-order valence-electron chi connectivity index (χ0n) is 9.45. The fraction of sp³-hybridized carbons (Fsp3) is 1.00. The van der Waals surface area contributed by atoms with Crippen molar-refractivity contribution in [3.8, 4) is 0 Å². The molecule has 0 amide bonds. The molecule has 0 radical (unpaired) electrons. The van der Waals surface area contributed by atoms with Crippen LogP contribution in [0.15, 0.2) is 0 Å². The van der Waals surface area contributed by atoms with Gasteiger partial charge in [0.05, 0.1) is 7.11 Å². The lowest BCUT2D eigenvalue weighted by molar-refractivity contribution is 0.0910. The zero-order valence-corrected chi connectivity index (χ0v) is 10.3. The Morgan fingerprint density at radius 1 is 1.43 bits per heavy atom. The number of rotatable bonds is 7. The molecule has 0 aromatic carbocycles. The van der Waals surface area contributed by atoms with E-state index in [4.69, 9.17) is 4.18 Å². The van der Waals surface area contributed by atoms with E-state index in [0.29, 0.717) is 19.4 Å².